The molecule has 1 unspecified atom stereocenters. The molecule has 0 bridgehead atoms. The van der Waals surface area contributed by atoms with Gasteiger partial charge in [0.25, 0.3) is 5.69 Å². The number of carboxylic acid groups (broad SMARTS) is 1. The Balaban J connectivity index is 1.87. The van der Waals surface area contributed by atoms with E-state index in [4.69, 9.17) is 9.05 Å². The van der Waals surface area contributed by atoms with Crippen LogP contribution in [0, 0.1) is 10.1 Å². The zero-order valence-corrected chi connectivity index (χ0v) is 17.1. The summed E-state index contributed by atoms with van der Waals surface area (Å²) in [7, 11) is -4.25. The van der Waals surface area contributed by atoms with Crippen LogP contribution in [0.4, 0.5) is 5.69 Å². The van der Waals surface area contributed by atoms with Crippen molar-refractivity contribution in [1.29, 1.82) is 0 Å². The third kappa shape index (κ3) is 6.40. The molecule has 0 aromatic heterocycles. The van der Waals surface area contributed by atoms with Gasteiger partial charge < -0.3 is 14.2 Å². The Kier molecular flexibility index (Phi) is 7.02. The molecule has 0 spiro atoms. The van der Waals surface area contributed by atoms with E-state index in [1.165, 1.54) is 24.3 Å². The standard InChI is InChI=1S/C21H19N2O7P/c24-21(25)20(15-16-7-3-1-4-8-16)22-31(28,29-18-9-5-2-6-10-18)30-19-13-11-17(12-14-19)23(26)27/h1-14,20H,15H2,(H,22,28)(H,24,25)/t20-,31?/m0/s1. The Bertz CT molecular complexity index is 1080. The maximum atomic E-state index is 13.5. The SMILES string of the molecule is O=C(O)[C@H](Cc1ccccc1)NP(=O)(Oc1ccccc1)Oc1ccc([N+](=O)[O-])cc1. The second-order valence-corrected chi connectivity index (χ2v) is 8.07. The molecule has 3 aromatic carbocycles. The number of carboxylic acids is 1. The van der Waals surface area contributed by atoms with Crippen LogP contribution in [-0.4, -0.2) is 22.0 Å². The van der Waals surface area contributed by atoms with E-state index in [0.29, 0.717) is 5.56 Å². The Morgan fingerprint density at radius 3 is 1.97 bits per heavy atom. The van der Waals surface area contributed by atoms with Crippen LogP contribution in [0.3, 0.4) is 0 Å². The average molecular weight is 442 g/mol. The number of benzene rings is 3. The monoisotopic (exact) mass is 442 g/mol. The molecule has 9 nitrogen and oxygen atoms in total. The van der Waals surface area contributed by atoms with Crippen LogP contribution in [0.25, 0.3) is 0 Å². The zero-order chi connectivity index (χ0) is 22.3. The van der Waals surface area contributed by atoms with Crippen molar-refractivity contribution in [2.45, 2.75) is 12.5 Å². The molecule has 2 atom stereocenters. The minimum Gasteiger partial charge on any atom is -0.480 e. The molecule has 10 heteroatoms. The van der Waals surface area contributed by atoms with Gasteiger partial charge in [0.05, 0.1) is 4.92 Å². The first-order chi connectivity index (χ1) is 14.8. The topological polar surface area (TPSA) is 128 Å². The summed E-state index contributed by atoms with van der Waals surface area (Å²) < 4.78 is 24.5. The van der Waals surface area contributed by atoms with E-state index in [2.05, 4.69) is 5.09 Å². The number of nitro benzene ring substituents is 1. The van der Waals surface area contributed by atoms with Crippen molar-refractivity contribution in [2.24, 2.45) is 0 Å². The second-order valence-electron chi connectivity index (χ2n) is 6.45. The highest BCUT2D eigenvalue weighted by atomic mass is 31.2. The normalized spacial score (nSPS) is 13.5. The van der Waals surface area contributed by atoms with Crippen molar-refractivity contribution in [3.8, 4) is 11.5 Å². The zero-order valence-electron chi connectivity index (χ0n) is 16.2. The second kappa shape index (κ2) is 9.88. The Labute approximate surface area is 178 Å². The summed E-state index contributed by atoms with van der Waals surface area (Å²) in [4.78, 5) is 22.1. The van der Waals surface area contributed by atoms with Gasteiger partial charge in [0.1, 0.15) is 17.5 Å². The fourth-order valence-electron chi connectivity index (χ4n) is 2.69. The number of aliphatic carboxylic acids is 1. The van der Waals surface area contributed by atoms with E-state index in [1.54, 1.807) is 60.7 Å². The van der Waals surface area contributed by atoms with Crippen molar-refractivity contribution in [1.82, 2.24) is 5.09 Å². The lowest BCUT2D eigenvalue weighted by molar-refractivity contribution is -0.384. The number of carbonyl (C=O) groups is 1. The molecule has 0 heterocycles. The minimum atomic E-state index is -4.25. The van der Waals surface area contributed by atoms with Gasteiger partial charge in [-0.05, 0) is 36.2 Å². The molecule has 0 aliphatic rings. The van der Waals surface area contributed by atoms with Gasteiger partial charge in [-0.1, -0.05) is 48.5 Å². The average Bonchev–Trinajstić information content (AvgIpc) is 2.75. The van der Waals surface area contributed by atoms with Crippen LogP contribution >= 0.6 is 7.75 Å². The summed E-state index contributed by atoms with van der Waals surface area (Å²) in [6, 6.07) is 20.6. The maximum Gasteiger partial charge on any atom is 0.513 e. The van der Waals surface area contributed by atoms with Crippen LogP contribution in [0.5, 0.6) is 11.5 Å². The lowest BCUT2D eigenvalue weighted by Crippen LogP contribution is -2.38. The van der Waals surface area contributed by atoms with E-state index in [-0.39, 0.29) is 23.6 Å². The van der Waals surface area contributed by atoms with Gasteiger partial charge in [-0.3, -0.25) is 14.9 Å². The van der Waals surface area contributed by atoms with E-state index < -0.39 is 24.7 Å². The van der Waals surface area contributed by atoms with Crippen LogP contribution in [0.15, 0.2) is 84.9 Å². The number of nitrogens with one attached hydrogen (secondary N) is 1. The van der Waals surface area contributed by atoms with Crippen LogP contribution in [-0.2, 0) is 15.8 Å². The summed E-state index contributed by atoms with van der Waals surface area (Å²) >= 11 is 0. The van der Waals surface area contributed by atoms with Crippen molar-refractivity contribution in [3.63, 3.8) is 0 Å². The first-order valence-corrected chi connectivity index (χ1v) is 10.7. The van der Waals surface area contributed by atoms with Crippen molar-refractivity contribution < 1.29 is 28.4 Å². The number of rotatable bonds is 10. The Morgan fingerprint density at radius 1 is 0.935 bits per heavy atom. The van der Waals surface area contributed by atoms with Gasteiger partial charge in [-0.2, -0.15) is 5.09 Å². The summed E-state index contributed by atoms with van der Waals surface area (Å²) in [5.74, 6) is -1.03. The molecule has 0 amide bonds. The number of non-ortho nitro benzene ring substituents is 1. The summed E-state index contributed by atoms with van der Waals surface area (Å²) in [6.45, 7) is 0. The number of hydrogen-bond donors (Lipinski definition) is 2. The van der Waals surface area contributed by atoms with Crippen LogP contribution < -0.4 is 14.1 Å². The molecule has 3 aromatic rings. The molecular formula is C21H19N2O7P. The fraction of sp³-hybridized carbons (Fsp3) is 0.0952. The largest absolute Gasteiger partial charge is 0.513 e. The van der Waals surface area contributed by atoms with Gasteiger partial charge in [-0.15, -0.1) is 0 Å². The number of para-hydroxylation sites is 1. The molecule has 0 radical (unpaired) electrons. The molecule has 0 aliphatic heterocycles. The molecule has 0 aliphatic carbocycles. The molecular weight excluding hydrogens is 423 g/mol. The Morgan fingerprint density at radius 2 is 1.45 bits per heavy atom. The predicted molar refractivity (Wildman–Crippen MR) is 113 cm³/mol. The third-order valence-corrected chi connectivity index (χ3v) is 5.67. The van der Waals surface area contributed by atoms with Crippen molar-refractivity contribution >= 4 is 19.4 Å². The highest BCUT2D eigenvalue weighted by Crippen LogP contribution is 2.45. The molecule has 3 rings (SSSR count). The summed E-state index contributed by atoms with van der Waals surface area (Å²) in [6.07, 6.45) is 0.0297. The smallest absolute Gasteiger partial charge is 0.480 e. The molecule has 0 fully saturated rings. The number of nitrogens with zero attached hydrogens (tertiary/aromatic N) is 1. The first-order valence-electron chi connectivity index (χ1n) is 9.18. The molecule has 0 saturated heterocycles. The lowest BCUT2D eigenvalue weighted by atomic mass is 10.1. The van der Waals surface area contributed by atoms with E-state index in [9.17, 15) is 24.6 Å². The number of hydrogen-bond acceptors (Lipinski definition) is 6. The van der Waals surface area contributed by atoms with Crippen molar-refractivity contribution in [2.75, 3.05) is 0 Å². The van der Waals surface area contributed by atoms with Gasteiger partial charge in [0, 0.05) is 12.1 Å². The van der Waals surface area contributed by atoms with Crippen molar-refractivity contribution in [3.05, 3.63) is 101 Å². The highest BCUT2D eigenvalue weighted by Gasteiger charge is 2.35. The number of nitro groups is 1. The van der Waals surface area contributed by atoms with Gasteiger partial charge in [0.15, 0.2) is 0 Å². The van der Waals surface area contributed by atoms with Crippen LogP contribution in [0.1, 0.15) is 5.56 Å². The van der Waals surface area contributed by atoms with Gasteiger partial charge >= 0.3 is 13.7 Å². The predicted octanol–water partition coefficient (Wildman–Crippen LogP) is 4.45. The Hall–Kier alpha value is -3.68. The summed E-state index contributed by atoms with van der Waals surface area (Å²) in [5, 5.41) is 23.0. The lowest BCUT2D eigenvalue weighted by Gasteiger charge is -2.24. The van der Waals surface area contributed by atoms with Gasteiger partial charge in [-0.25, -0.2) is 4.57 Å². The van der Waals surface area contributed by atoms with E-state index in [0.717, 1.165) is 0 Å². The third-order valence-electron chi connectivity index (χ3n) is 4.14. The van der Waals surface area contributed by atoms with E-state index >= 15 is 0 Å². The fourth-order valence-corrected chi connectivity index (χ4v) is 4.21. The molecule has 160 valence electrons. The highest BCUT2D eigenvalue weighted by molar-refractivity contribution is 7.52. The first kappa shape index (κ1) is 22.0. The molecule has 31 heavy (non-hydrogen) atoms. The molecule has 2 N–H and O–H groups in total. The summed E-state index contributed by atoms with van der Waals surface area (Å²) in [5.41, 5.74) is 0.538. The molecule has 0 saturated carbocycles. The quantitative estimate of drug-likeness (QED) is 0.268. The van der Waals surface area contributed by atoms with Crippen LogP contribution in [0.2, 0.25) is 0 Å². The van der Waals surface area contributed by atoms with Gasteiger partial charge in [0.2, 0.25) is 0 Å². The van der Waals surface area contributed by atoms with E-state index in [1.807, 2.05) is 0 Å². The maximum absolute atomic E-state index is 13.5. The minimum absolute atomic E-state index is 0.0150.